The van der Waals surface area contributed by atoms with E-state index in [9.17, 15) is 14.4 Å². The Balaban J connectivity index is 1.93. The highest BCUT2D eigenvalue weighted by Crippen LogP contribution is 2.32. The van der Waals surface area contributed by atoms with Gasteiger partial charge in [0.2, 0.25) is 5.91 Å². The van der Waals surface area contributed by atoms with E-state index in [4.69, 9.17) is 9.47 Å². The second-order valence-electron chi connectivity index (χ2n) is 6.26. The molecule has 2 aliphatic heterocycles. The Labute approximate surface area is 117 Å². The molecular weight excluding hydrogens is 264 g/mol. The summed E-state index contributed by atoms with van der Waals surface area (Å²) in [4.78, 5) is 36.2. The van der Waals surface area contributed by atoms with E-state index in [-0.39, 0.29) is 18.4 Å². The molecule has 2 fully saturated rings. The number of ether oxygens (including phenoxy) is 2. The number of alkyl carbamates (subject to hydrolysis) is 1. The third kappa shape index (κ3) is 3.40. The molecule has 1 N–H and O–H groups in total. The molecule has 112 valence electrons. The minimum atomic E-state index is -0.766. The number of piperidine rings is 1. The fourth-order valence-corrected chi connectivity index (χ4v) is 2.41. The molecule has 1 spiro atoms. The van der Waals surface area contributed by atoms with Gasteiger partial charge in [-0.05, 0) is 20.8 Å². The van der Waals surface area contributed by atoms with Crippen molar-refractivity contribution in [2.24, 2.45) is 0 Å². The molecule has 20 heavy (non-hydrogen) atoms. The monoisotopic (exact) mass is 284 g/mol. The summed E-state index contributed by atoms with van der Waals surface area (Å²) >= 11 is 0. The minimum Gasteiger partial charge on any atom is -0.444 e. The van der Waals surface area contributed by atoms with Crippen LogP contribution in [-0.4, -0.2) is 47.3 Å². The van der Waals surface area contributed by atoms with Gasteiger partial charge in [0, 0.05) is 25.9 Å². The maximum atomic E-state index is 11.9. The minimum absolute atomic E-state index is 0.154. The van der Waals surface area contributed by atoms with Crippen LogP contribution >= 0.6 is 0 Å². The molecular formula is C13H20N2O5. The zero-order valence-electron chi connectivity index (χ0n) is 12.0. The van der Waals surface area contributed by atoms with Crippen LogP contribution in [-0.2, 0) is 14.3 Å². The van der Waals surface area contributed by atoms with E-state index in [1.165, 1.54) is 0 Å². The Morgan fingerprint density at radius 3 is 2.40 bits per heavy atom. The maximum Gasteiger partial charge on any atom is 0.414 e. The molecule has 2 rings (SSSR count). The summed E-state index contributed by atoms with van der Waals surface area (Å²) in [5.41, 5.74) is -1.30. The van der Waals surface area contributed by atoms with E-state index in [0.29, 0.717) is 25.9 Å². The summed E-state index contributed by atoms with van der Waals surface area (Å²) in [6.07, 6.45) is -0.0246. The molecule has 0 aromatic carbocycles. The van der Waals surface area contributed by atoms with E-state index in [1.807, 2.05) is 20.8 Å². The van der Waals surface area contributed by atoms with Gasteiger partial charge < -0.3 is 14.4 Å². The Kier molecular flexibility index (Phi) is 3.62. The van der Waals surface area contributed by atoms with Crippen LogP contribution in [0.5, 0.6) is 0 Å². The number of carbonyl (C=O) groups excluding carboxylic acids is 3. The van der Waals surface area contributed by atoms with Crippen LogP contribution in [0.4, 0.5) is 9.59 Å². The molecule has 0 saturated carbocycles. The molecule has 0 aromatic rings. The topological polar surface area (TPSA) is 84.9 Å². The first kappa shape index (κ1) is 14.6. The number of nitrogens with zero attached hydrogens (tertiary/aromatic N) is 1. The number of nitrogens with one attached hydrogen (secondary N) is 1. The van der Waals surface area contributed by atoms with Crippen molar-refractivity contribution in [2.75, 3.05) is 13.1 Å². The number of likely N-dealkylation sites (tertiary alicyclic amines) is 1. The van der Waals surface area contributed by atoms with Crippen molar-refractivity contribution in [1.29, 1.82) is 0 Å². The molecule has 0 atom stereocenters. The van der Waals surface area contributed by atoms with Gasteiger partial charge in [-0.3, -0.25) is 10.1 Å². The molecule has 2 saturated heterocycles. The molecule has 2 heterocycles. The fourth-order valence-electron chi connectivity index (χ4n) is 2.41. The molecule has 0 radical (unpaired) electrons. The number of amides is 3. The zero-order chi connectivity index (χ0) is 15.0. The van der Waals surface area contributed by atoms with E-state index in [1.54, 1.807) is 4.90 Å². The van der Waals surface area contributed by atoms with Gasteiger partial charge in [-0.25, -0.2) is 9.59 Å². The molecule has 3 amide bonds. The summed E-state index contributed by atoms with van der Waals surface area (Å²) in [7, 11) is 0. The Hall–Kier alpha value is -1.79. The maximum absolute atomic E-state index is 11.9. The number of imide groups is 1. The van der Waals surface area contributed by atoms with Gasteiger partial charge in [-0.2, -0.15) is 0 Å². The Morgan fingerprint density at radius 1 is 1.30 bits per heavy atom. The summed E-state index contributed by atoms with van der Waals surface area (Å²) in [6.45, 7) is 6.25. The number of carbonyl (C=O) groups is 3. The van der Waals surface area contributed by atoms with Crippen LogP contribution in [0.2, 0.25) is 0 Å². The first-order valence-electron chi connectivity index (χ1n) is 6.70. The summed E-state index contributed by atoms with van der Waals surface area (Å²) < 4.78 is 10.6. The lowest BCUT2D eigenvalue weighted by Gasteiger charge is -2.42. The quantitative estimate of drug-likeness (QED) is 0.727. The van der Waals surface area contributed by atoms with Crippen molar-refractivity contribution in [2.45, 2.75) is 51.2 Å². The predicted molar refractivity (Wildman–Crippen MR) is 69.0 cm³/mol. The molecule has 7 heteroatoms. The first-order chi connectivity index (χ1) is 9.19. The lowest BCUT2D eigenvalue weighted by atomic mass is 9.87. The number of hydrogen-bond donors (Lipinski definition) is 1. The van der Waals surface area contributed by atoms with Gasteiger partial charge in [0.1, 0.15) is 11.2 Å². The fraction of sp³-hybridized carbons (Fsp3) is 0.769. The first-order valence-corrected chi connectivity index (χ1v) is 6.70. The van der Waals surface area contributed by atoms with Crippen molar-refractivity contribution in [3.05, 3.63) is 0 Å². The van der Waals surface area contributed by atoms with Crippen molar-refractivity contribution < 1.29 is 23.9 Å². The standard InChI is InChI=1S/C13H20N2O5/c1-12(2,3)20-11(18)15-6-4-13(5-7-15)8-9(16)14-10(17)19-13/h4-8H2,1-3H3,(H,14,16,17). The molecule has 0 aromatic heterocycles. The highest BCUT2D eigenvalue weighted by atomic mass is 16.6. The third-order valence-corrected chi connectivity index (χ3v) is 3.36. The Bertz CT molecular complexity index is 415. The third-order valence-electron chi connectivity index (χ3n) is 3.36. The van der Waals surface area contributed by atoms with Gasteiger partial charge in [0.05, 0.1) is 6.42 Å². The molecule has 2 aliphatic rings. The molecule has 0 bridgehead atoms. The van der Waals surface area contributed by atoms with Gasteiger partial charge in [0.25, 0.3) is 0 Å². The van der Waals surface area contributed by atoms with Gasteiger partial charge in [0.15, 0.2) is 0 Å². The van der Waals surface area contributed by atoms with Crippen LogP contribution in [0.3, 0.4) is 0 Å². The van der Waals surface area contributed by atoms with Crippen molar-refractivity contribution in [3.8, 4) is 0 Å². The van der Waals surface area contributed by atoms with E-state index in [2.05, 4.69) is 5.32 Å². The van der Waals surface area contributed by atoms with E-state index in [0.717, 1.165) is 0 Å². The van der Waals surface area contributed by atoms with E-state index >= 15 is 0 Å². The van der Waals surface area contributed by atoms with Crippen LogP contribution in [0, 0.1) is 0 Å². The van der Waals surface area contributed by atoms with E-state index < -0.39 is 17.3 Å². The average Bonchev–Trinajstić information content (AvgIpc) is 2.25. The SMILES string of the molecule is CC(C)(C)OC(=O)N1CCC2(CC1)CC(=O)NC(=O)O2. The van der Waals surface area contributed by atoms with Crippen molar-refractivity contribution in [3.63, 3.8) is 0 Å². The van der Waals surface area contributed by atoms with Crippen molar-refractivity contribution >= 4 is 18.1 Å². The molecule has 0 aliphatic carbocycles. The highest BCUT2D eigenvalue weighted by molar-refractivity contribution is 5.94. The normalized spacial score (nSPS) is 22.2. The lowest BCUT2D eigenvalue weighted by molar-refractivity contribution is -0.134. The second-order valence-corrected chi connectivity index (χ2v) is 6.26. The molecule has 0 unspecified atom stereocenters. The van der Waals surface area contributed by atoms with Gasteiger partial charge in [-0.15, -0.1) is 0 Å². The van der Waals surface area contributed by atoms with Gasteiger partial charge >= 0.3 is 12.2 Å². The van der Waals surface area contributed by atoms with Crippen LogP contribution in [0.15, 0.2) is 0 Å². The zero-order valence-corrected chi connectivity index (χ0v) is 12.0. The van der Waals surface area contributed by atoms with Crippen LogP contribution in [0.25, 0.3) is 0 Å². The van der Waals surface area contributed by atoms with Crippen LogP contribution in [0.1, 0.15) is 40.0 Å². The lowest BCUT2D eigenvalue weighted by Crippen LogP contribution is -2.56. The molecule has 7 nitrogen and oxygen atoms in total. The summed E-state index contributed by atoms with van der Waals surface area (Å²) in [5.74, 6) is -0.327. The van der Waals surface area contributed by atoms with Crippen molar-refractivity contribution in [1.82, 2.24) is 10.2 Å². The highest BCUT2D eigenvalue weighted by Gasteiger charge is 2.44. The smallest absolute Gasteiger partial charge is 0.414 e. The predicted octanol–water partition coefficient (Wildman–Crippen LogP) is 1.41. The summed E-state index contributed by atoms with van der Waals surface area (Å²) in [6, 6.07) is 0. The number of hydrogen-bond acceptors (Lipinski definition) is 5. The number of rotatable bonds is 0. The largest absolute Gasteiger partial charge is 0.444 e. The Morgan fingerprint density at radius 2 is 1.90 bits per heavy atom. The second kappa shape index (κ2) is 4.96. The van der Waals surface area contributed by atoms with Gasteiger partial charge in [-0.1, -0.05) is 0 Å². The average molecular weight is 284 g/mol. The summed E-state index contributed by atoms with van der Waals surface area (Å²) in [5, 5.41) is 2.11. The van der Waals surface area contributed by atoms with Crippen LogP contribution < -0.4 is 5.32 Å².